The molecule has 0 aliphatic carbocycles. The Labute approximate surface area is 170 Å². The summed E-state index contributed by atoms with van der Waals surface area (Å²) < 4.78 is 1.73. The minimum Gasteiger partial charge on any atom is -0.502 e. The van der Waals surface area contributed by atoms with E-state index in [9.17, 15) is 10.2 Å². The maximum absolute atomic E-state index is 11.1. The van der Waals surface area contributed by atoms with Crippen LogP contribution in [0.2, 0.25) is 0 Å². The van der Waals surface area contributed by atoms with E-state index in [1.165, 1.54) is 0 Å². The summed E-state index contributed by atoms with van der Waals surface area (Å²) in [5, 5.41) is 23.8. The lowest BCUT2D eigenvalue weighted by atomic mass is 10.0. The van der Waals surface area contributed by atoms with E-state index < -0.39 is 0 Å². The zero-order valence-electron chi connectivity index (χ0n) is 15.9. The van der Waals surface area contributed by atoms with Crippen molar-refractivity contribution >= 4 is 34.3 Å². The molecule has 0 radical (unpaired) electrons. The molecule has 0 atom stereocenters. The number of aryl methyl sites for hydroxylation is 2. The molecule has 3 rings (SSSR count). The molecule has 0 spiro atoms. The van der Waals surface area contributed by atoms with Crippen LogP contribution in [-0.2, 0) is 6.61 Å². The second kappa shape index (κ2) is 8.78. The third-order valence-electron chi connectivity index (χ3n) is 4.55. The molecule has 2 aromatic carbocycles. The normalized spacial score (nSPS) is 11.7. The molecule has 28 heavy (non-hydrogen) atoms. The molecule has 0 aliphatic rings. The molecule has 0 saturated heterocycles. The average molecular weight is 392 g/mol. The van der Waals surface area contributed by atoms with Gasteiger partial charge in [-0.1, -0.05) is 42.5 Å². The van der Waals surface area contributed by atoms with Crippen LogP contribution in [0.25, 0.3) is 11.5 Å². The van der Waals surface area contributed by atoms with Crippen molar-refractivity contribution in [3.05, 3.63) is 95.3 Å². The molecule has 0 saturated carbocycles. The molecule has 5 heteroatoms. The standard InChI is InChI=1S/C23H22N2O2S/c1-16-10-11-19(13-17(16)2)22(27)21(25-12-6-7-18(14-25)15-26)23(28)24-20-8-4-3-5-9-20/h3-14,26H,15H2,1-2H3,(H-,24,27,28)/p+1. The van der Waals surface area contributed by atoms with Crippen molar-refractivity contribution in [2.24, 2.45) is 0 Å². The van der Waals surface area contributed by atoms with Gasteiger partial charge in [-0.05, 0) is 49.2 Å². The third-order valence-corrected chi connectivity index (χ3v) is 4.85. The molecular weight excluding hydrogens is 368 g/mol. The van der Waals surface area contributed by atoms with Gasteiger partial charge < -0.3 is 15.5 Å². The van der Waals surface area contributed by atoms with Crippen LogP contribution in [-0.4, -0.2) is 15.2 Å². The molecular formula is C23H23N2O2S+. The van der Waals surface area contributed by atoms with E-state index in [0.717, 1.165) is 22.4 Å². The minimum atomic E-state index is -0.0998. The van der Waals surface area contributed by atoms with Crippen LogP contribution < -0.4 is 9.88 Å². The highest BCUT2D eigenvalue weighted by molar-refractivity contribution is 7.81. The third kappa shape index (κ3) is 4.44. The largest absolute Gasteiger partial charge is 0.502 e. The Kier molecular flexibility index (Phi) is 6.19. The van der Waals surface area contributed by atoms with Crippen molar-refractivity contribution in [2.75, 3.05) is 5.32 Å². The van der Waals surface area contributed by atoms with Gasteiger partial charge in [0.15, 0.2) is 23.1 Å². The number of rotatable bonds is 5. The molecule has 3 N–H and O–H groups in total. The fourth-order valence-electron chi connectivity index (χ4n) is 2.84. The van der Waals surface area contributed by atoms with E-state index in [0.29, 0.717) is 16.2 Å². The number of thiocarbonyl (C=S) groups is 1. The van der Waals surface area contributed by atoms with Crippen molar-refractivity contribution < 1.29 is 14.8 Å². The summed E-state index contributed by atoms with van der Waals surface area (Å²) in [5.74, 6) is 0.0663. The summed E-state index contributed by atoms with van der Waals surface area (Å²) in [6.45, 7) is 3.94. The smallest absolute Gasteiger partial charge is 0.288 e. The number of nitrogens with one attached hydrogen (secondary N) is 1. The summed E-state index contributed by atoms with van der Waals surface area (Å²) in [7, 11) is 0. The van der Waals surface area contributed by atoms with Crippen molar-refractivity contribution in [1.29, 1.82) is 0 Å². The lowest BCUT2D eigenvalue weighted by Crippen LogP contribution is -2.39. The highest BCUT2D eigenvalue weighted by Gasteiger charge is 2.24. The zero-order chi connectivity index (χ0) is 20.1. The summed E-state index contributed by atoms with van der Waals surface area (Å²) >= 11 is 5.64. The van der Waals surface area contributed by atoms with Gasteiger partial charge in [-0.2, -0.15) is 4.57 Å². The maximum atomic E-state index is 11.1. The first kappa shape index (κ1) is 19.7. The number of nitrogens with zero attached hydrogens (tertiary/aromatic N) is 1. The topological polar surface area (TPSA) is 56.4 Å². The van der Waals surface area contributed by atoms with Crippen LogP contribution >= 0.6 is 12.2 Å². The van der Waals surface area contributed by atoms with Crippen molar-refractivity contribution in [2.45, 2.75) is 20.5 Å². The molecule has 0 aliphatic heterocycles. The number of aliphatic hydroxyl groups is 2. The lowest BCUT2D eigenvalue weighted by Gasteiger charge is -2.11. The number of hydrogen-bond donors (Lipinski definition) is 3. The monoisotopic (exact) mass is 391 g/mol. The first-order valence-electron chi connectivity index (χ1n) is 8.98. The van der Waals surface area contributed by atoms with Gasteiger partial charge in [0.2, 0.25) is 0 Å². The molecule has 0 unspecified atom stereocenters. The van der Waals surface area contributed by atoms with E-state index >= 15 is 0 Å². The summed E-state index contributed by atoms with van der Waals surface area (Å²) in [5.41, 5.74) is 4.90. The number of pyridine rings is 1. The van der Waals surface area contributed by atoms with Gasteiger partial charge in [-0.15, -0.1) is 0 Å². The number of para-hydroxylation sites is 1. The highest BCUT2D eigenvalue weighted by atomic mass is 32.1. The van der Waals surface area contributed by atoms with E-state index in [1.807, 2.05) is 74.5 Å². The average Bonchev–Trinajstić information content (AvgIpc) is 2.71. The Morgan fingerprint density at radius 1 is 1.00 bits per heavy atom. The minimum absolute atomic E-state index is 0.0663. The van der Waals surface area contributed by atoms with Crippen LogP contribution in [0.5, 0.6) is 0 Å². The highest BCUT2D eigenvalue weighted by Crippen LogP contribution is 2.21. The Morgan fingerprint density at radius 3 is 2.43 bits per heavy atom. The van der Waals surface area contributed by atoms with Gasteiger partial charge in [0.05, 0.1) is 6.61 Å². The molecule has 3 aromatic rings. The molecule has 0 bridgehead atoms. The Hall–Kier alpha value is -3.02. The van der Waals surface area contributed by atoms with Crippen molar-refractivity contribution in [3.8, 4) is 0 Å². The van der Waals surface area contributed by atoms with Gasteiger partial charge in [0.25, 0.3) is 5.70 Å². The molecule has 1 aromatic heterocycles. The molecule has 0 fully saturated rings. The molecule has 142 valence electrons. The van der Waals surface area contributed by atoms with Crippen LogP contribution in [0.4, 0.5) is 5.69 Å². The molecule has 0 amide bonds. The maximum Gasteiger partial charge on any atom is 0.288 e. The second-order valence-corrected chi connectivity index (χ2v) is 7.00. The number of anilines is 1. The number of aromatic nitrogens is 1. The van der Waals surface area contributed by atoms with Crippen LogP contribution in [0.15, 0.2) is 73.1 Å². The Bertz CT molecular complexity index is 1030. The number of benzene rings is 2. The predicted molar refractivity (Wildman–Crippen MR) is 117 cm³/mol. The van der Waals surface area contributed by atoms with Gasteiger partial charge in [0.1, 0.15) is 0 Å². The van der Waals surface area contributed by atoms with Crippen molar-refractivity contribution in [1.82, 2.24) is 0 Å². The fraction of sp³-hybridized carbons (Fsp3) is 0.130. The molecule has 1 heterocycles. The predicted octanol–water partition coefficient (Wildman–Crippen LogP) is 4.41. The first-order valence-corrected chi connectivity index (χ1v) is 9.39. The lowest BCUT2D eigenvalue weighted by molar-refractivity contribution is -0.576. The van der Waals surface area contributed by atoms with Gasteiger partial charge in [-0.25, -0.2) is 0 Å². The quantitative estimate of drug-likeness (QED) is 0.261. The fourth-order valence-corrected chi connectivity index (χ4v) is 3.16. The van der Waals surface area contributed by atoms with Crippen LogP contribution in [0.1, 0.15) is 22.3 Å². The number of aliphatic hydroxyl groups excluding tert-OH is 2. The van der Waals surface area contributed by atoms with Crippen LogP contribution in [0, 0.1) is 13.8 Å². The Morgan fingerprint density at radius 2 is 1.75 bits per heavy atom. The first-order chi connectivity index (χ1) is 13.5. The van der Waals surface area contributed by atoms with Crippen LogP contribution in [0.3, 0.4) is 0 Å². The Balaban J connectivity index is 2.12. The number of hydrogen-bond acceptors (Lipinski definition) is 3. The van der Waals surface area contributed by atoms with E-state index in [4.69, 9.17) is 12.2 Å². The van der Waals surface area contributed by atoms with E-state index in [1.54, 1.807) is 17.0 Å². The van der Waals surface area contributed by atoms with Gasteiger partial charge in [0, 0.05) is 22.9 Å². The van der Waals surface area contributed by atoms with E-state index in [2.05, 4.69) is 5.32 Å². The van der Waals surface area contributed by atoms with E-state index in [-0.39, 0.29) is 12.4 Å². The zero-order valence-corrected chi connectivity index (χ0v) is 16.7. The summed E-state index contributed by atoms with van der Waals surface area (Å²) in [4.78, 5) is 0.377. The second-order valence-electron chi connectivity index (χ2n) is 6.59. The summed E-state index contributed by atoms with van der Waals surface area (Å²) in [6, 6.07) is 19.0. The van der Waals surface area contributed by atoms with Gasteiger partial charge in [-0.3, -0.25) is 0 Å². The van der Waals surface area contributed by atoms with Gasteiger partial charge >= 0.3 is 0 Å². The van der Waals surface area contributed by atoms with Crippen molar-refractivity contribution in [3.63, 3.8) is 0 Å². The summed E-state index contributed by atoms with van der Waals surface area (Å²) in [6.07, 6.45) is 3.55. The molecule has 4 nitrogen and oxygen atoms in total. The SMILES string of the molecule is Cc1ccc(C(O)=C(C(=S)Nc2ccccc2)[n+]2cccc(CO)c2)cc1C.